The van der Waals surface area contributed by atoms with Gasteiger partial charge in [-0.15, -0.1) is 0 Å². The molecule has 3 rings (SSSR count). The van der Waals surface area contributed by atoms with Crippen LogP contribution in [0.25, 0.3) is 0 Å². The zero-order valence-corrected chi connectivity index (χ0v) is 14.4. The summed E-state index contributed by atoms with van der Waals surface area (Å²) in [5, 5.41) is 0. The summed E-state index contributed by atoms with van der Waals surface area (Å²) in [5.74, 6) is 0.967. The zero-order valence-electron chi connectivity index (χ0n) is 14.4. The van der Waals surface area contributed by atoms with Crippen molar-refractivity contribution in [1.82, 2.24) is 4.90 Å². The van der Waals surface area contributed by atoms with Crippen molar-refractivity contribution < 1.29 is 4.74 Å². The van der Waals surface area contributed by atoms with Gasteiger partial charge in [0, 0.05) is 31.9 Å². The molecule has 1 saturated heterocycles. The number of ether oxygens (including phenoxy) is 1. The van der Waals surface area contributed by atoms with Gasteiger partial charge in [-0.25, -0.2) is 0 Å². The van der Waals surface area contributed by atoms with E-state index >= 15 is 0 Å². The number of methoxy groups -OCH3 is 1. The van der Waals surface area contributed by atoms with Crippen LogP contribution in [0.4, 0.5) is 11.4 Å². The van der Waals surface area contributed by atoms with E-state index in [2.05, 4.69) is 34.1 Å². The van der Waals surface area contributed by atoms with Gasteiger partial charge in [0.2, 0.25) is 0 Å². The van der Waals surface area contributed by atoms with Crippen LogP contribution in [0.2, 0.25) is 0 Å². The average Bonchev–Trinajstić information content (AvgIpc) is 2.64. The van der Waals surface area contributed by atoms with Crippen LogP contribution < -0.4 is 15.4 Å². The van der Waals surface area contributed by atoms with E-state index in [4.69, 9.17) is 10.5 Å². The highest BCUT2D eigenvalue weighted by atomic mass is 16.5. The van der Waals surface area contributed by atoms with Gasteiger partial charge in [0.25, 0.3) is 0 Å². The number of para-hydroxylation sites is 2. The predicted molar refractivity (Wildman–Crippen MR) is 101 cm³/mol. The Balaban J connectivity index is 1.44. The first kappa shape index (κ1) is 16.7. The van der Waals surface area contributed by atoms with Crippen molar-refractivity contribution in [2.45, 2.75) is 12.8 Å². The van der Waals surface area contributed by atoms with Crippen molar-refractivity contribution in [1.29, 1.82) is 0 Å². The average molecular weight is 325 g/mol. The summed E-state index contributed by atoms with van der Waals surface area (Å²) in [7, 11) is 1.74. The highest BCUT2D eigenvalue weighted by molar-refractivity contribution is 5.58. The van der Waals surface area contributed by atoms with Gasteiger partial charge in [-0.05, 0) is 49.2 Å². The third-order valence-corrected chi connectivity index (χ3v) is 4.72. The molecular weight excluding hydrogens is 298 g/mol. The first-order valence-corrected chi connectivity index (χ1v) is 8.71. The Morgan fingerprint density at radius 3 is 2.38 bits per heavy atom. The van der Waals surface area contributed by atoms with Crippen molar-refractivity contribution in [3.8, 4) is 5.75 Å². The van der Waals surface area contributed by atoms with Crippen LogP contribution in [0.5, 0.6) is 5.75 Å². The Morgan fingerprint density at radius 1 is 0.958 bits per heavy atom. The number of nitrogen functional groups attached to an aromatic ring is 1. The van der Waals surface area contributed by atoms with Crippen molar-refractivity contribution in [2.24, 2.45) is 0 Å². The number of hydrogen-bond donors (Lipinski definition) is 1. The van der Waals surface area contributed by atoms with Crippen LogP contribution in [0.15, 0.2) is 48.5 Å². The summed E-state index contributed by atoms with van der Waals surface area (Å²) in [5.41, 5.74) is 9.15. The van der Waals surface area contributed by atoms with Gasteiger partial charge in [0.05, 0.1) is 12.8 Å². The minimum atomic E-state index is 0.839. The minimum absolute atomic E-state index is 0.839. The van der Waals surface area contributed by atoms with Gasteiger partial charge in [0.15, 0.2) is 0 Å². The quantitative estimate of drug-likeness (QED) is 0.829. The molecule has 2 aromatic carbocycles. The summed E-state index contributed by atoms with van der Waals surface area (Å²) >= 11 is 0. The third kappa shape index (κ3) is 4.20. The lowest BCUT2D eigenvalue weighted by Gasteiger charge is -2.36. The highest BCUT2D eigenvalue weighted by Crippen LogP contribution is 2.28. The normalized spacial score (nSPS) is 15.5. The molecule has 0 aliphatic carbocycles. The van der Waals surface area contributed by atoms with E-state index in [9.17, 15) is 0 Å². The van der Waals surface area contributed by atoms with Gasteiger partial charge in [-0.3, -0.25) is 4.90 Å². The standard InChI is InChI=1S/C20H27N3O/c1-24-20-7-3-2-6-19(20)23-15-13-22(14-16-23)12-4-5-17-8-10-18(21)11-9-17/h2-3,6-11H,4-5,12-16,21H2,1H3. The van der Waals surface area contributed by atoms with Crippen LogP contribution >= 0.6 is 0 Å². The van der Waals surface area contributed by atoms with E-state index in [-0.39, 0.29) is 0 Å². The van der Waals surface area contributed by atoms with Crippen LogP contribution in [0.1, 0.15) is 12.0 Å². The number of nitrogens with zero attached hydrogens (tertiary/aromatic N) is 2. The maximum absolute atomic E-state index is 5.73. The second-order valence-corrected chi connectivity index (χ2v) is 6.35. The largest absolute Gasteiger partial charge is 0.495 e. The smallest absolute Gasteiger partial charge is 0.142 e. The first-order valence-electron chi connectivity index (χ1n) is 8.71. The summed E-state index contributed by atoms with van der Waals surface area (Å²) in [6.45, 7) is 5.49. The molecule has 0 radical (unpaired) electrons. The minimum Gasteiger partial charge on any atom is -0.495 e. The number of anilines is 2. The number of nitrogens with two attached hydrogens (primary N) is 1. The van der Waals surface area contributed by atoms with E-state index in [1.807, 2.05) is 24.3 Å². The molecule has 0 amide bonds. The Morgan fingerprint density at radius 2 is 1.67 bits per heavy atom. The molecule has 0 bridgehead atoms. The summed E-state index contributed by atoms with van der Waals surface area (Å²) in [6, 6.07) is 16.5. The Kier molecular flexibility index (Phi) is 5.59. The van der Waals surface area contributed by atoms with E-state index in [1.165, 1.54) is 17.7 Å². The number of piperazine rings is 1. The molecule has 2 N–H and O–H groups in total. The fraction of sp³-hybridized carbons (Fsp3) is 0.400. The number of aryl methyl sites for hydroxylation is 1. The fourth-order valence-electron chi connectivity index (χ4n) is 3.29. The van der Waals surface area contributed by atoms with Crippen LogP contribution in [0.3, 0.4) is 0 Å². The molecule has 1 fully saturated rings. The number of rotatable bonds is 6. The lowest BCUT2D eigenvalue weighted by Crippen LogP contribution is -2.46. The lowest BCUT2D eigenvalue weighted by atomic mass is 10.1. The Labute approximate surface area is 144 Å². The molecule has 0 atom stereocenters. The number of benzene rings is 2. The van der Waals surface area contributed by atoms with E-state index in [0.29, 0.717) is 0 Å². The van der Waals surface area contributed by atoms with E-state index in [1.54, 1.807) is 7.11 Å². The van der Waals surface area contributed by atoms with Gasteiger partial charge < -0.3 is 15.4 Å². The van der Waals surface area contributed by atoms with Crippen molar-refractivity contribution in [2.75, 3.05) is 50.5 Å². The molecule has 0 saturated carbocycles. The molecular formula is C20H27N3O. The number of hydrogen-bond acceptors (Lipinski definition) is 4. The highest BCUT2D eigenvalue weighted by Gasteiger charge is 2.18. The molecule has 1 aliphatic rings. The molecule has 1 heterocycles. The van der Waals surface area contributed by atoms with Gasteiger partial charge in [-0.2, -0.15) is 0 Å². The molecule has 0 unspecified atom stereocenters. The van der Waals surface area contributed by atoms with Crippen molar-refractivity contribution in [3.63, 3.8) is 0 Å². The summed E-state index contributed by atoms with van der Waals surface area (Å²) in [4.78, 5) is 4.98. The monoisotopic (exact) mass is 325 g/mol. The molecule has 1 aliphatic heterocycles. The fourth-order valence-corrected chi connectivity index (χ4v) is 3.29. The van der Waals surface area contributed by atoms with Crippen molar-refractivity contribution in [3.05, 3.63) is 54.1 Å². The molecule has 2 aromatic rings. The molecule has 0 spiro atoms. The first-order chi connectivity index (χ1) is 11.8. The molecule has 4 heteroatoms. The maximum atomic E-state index is 5.73. The second kappa shape index (κ2) is 8.06. The van der Waals surface area contributed by atoms with Gasteiger partial charge in [0.1, 0.15) is 5.75 Å². The van der Waals surface area contributed by atoms with Crippen molar-refractivity contribution >= 4 is 11.4 Å². The topological polar surface area (TPSA) is 41.7 Å². The van der Waals surface area contributed by atoms with Crippen LogP contribution in [-0.2, 0) is 6.42 Å². The Hall–Kier alpha value is -2.20. The van der Waals surface area contributed by atoms with Gasteiger partial charge in [-0.1, -0.05) is 24.3 Å². The summed E-state index contributed by atoms with van der Waals surface area (Å²) in [6.07, 6.45) is 2.31. The third-order valence-electron chi connectivity index (χ3n) is 4.72. The predicted octanol–water partition coefficient (Wildman–Crippen LogP) is 3.03. The second-order valence-electron chi connectivity index (χ2n) is 6.35. The molecule has 0 aromatic heterocycles. The molecule has 128 valence electrons. The SMILES string of the molecule is COc1ccccc1N1CCN(CCCc2ccc(N)cc2)CC1. The summed E-state index contributed by atoms with van der Waals surface area (Å²) < 4.78 is 5.48. The van der Waals surface area contributed by atoms with E-state index < -0.39 is 0 Å². The van der Waals surface area contributed by atoms with E-state index in [0.717, 1.165) is 50.6 Å². The van der Waals surface area contributed by atoms with Gasteiger partial charge >= 0.3 is 0 Å². The van der Waals surface area contributed by atoms with Crippen LogP contribution in [-0.4, -0.2) is 44.7 Å². The maximum Gasteiger partial charge on any atom is 0.142 e. The molecule has 24 heavy (non-hydrogen) atoms. The zero-order chi connectivity index (χ0) is 16.8. The lowest BCUT2D eigenvalue weighted by molar-refractivity contribution is 0.254. The Bertz CT molecular complexity index is 634. The van der Waals surface area contributed by atoms with Crippen LogP contribution in [0, 0.1) is 0 Å². The molecule has 4 nitrogen and oxygen atoms in total.